The molecule has 1 N–H and O–H groups in total. The first-order valence-corrected chi connectivity index (χ1v) is 9.63. The molecule has 2 aromatic rings. The summed E-state index contributed by atoms with van der Waals surface area (Å²) < 4.78 is 11.6. The van der Waals surface area contributed by atoms with Crippen molar-refractivity contribution in [3.63, 3.8) is 0 Å². The summed E-state index contributed by atoms with van der Waals surface area (Å²) in [5, 5.41) is 2.44. The quantitative estimate of drug-likeness (QED) is 0.590. The van der Waals surface area contributed by atoms with E-state index in [1.807, 2.05) is 42.5 Å². The Morgan fingerprint density at radius 3 is 2.68 bits per heavy atom. The molecule has 1 atom stereocenters. The van der Waals surface area contributed by atoms with Crippen LogP contribution in [0.1, 0.15) is 29.5 Å². The highest BCUT2D eigenvalue weighted by Crippen LogP contribution is 2.33. The van der Waals surface area contributed by atoms with Gasteiger partial charge in [0.05, 0.1) is 19.3 Å². The molecule has 0 spiro atoms. The standard InChI is InChI=1S/C22H24N2O4/c25-21-10-9-19(22(26)23-21)24-13-17-7-4-8-20(18(17)14-24)28-12-11-27-15-16-5-2-1-3-6-16/h1-8,19H,9-15H2,(H,23,25,26)/t19-/m0/s1. The lowest BCUT2D eigenvalue weighted by atomic mass is 10.0. The van der Waals surface area contributed by atoms with E-state index in [-0.39, 0.29) is 17.9 Å². The maximum absolute atomic E-state index is 12.2. The Labute approximate surface area is 164 Å². The summed E-state index contributed by atoms with van der Waals surface area (Å²) in [6.07, 6.45) is 0.966. The zero-order chi connectivity index (χ0) is 19.3. The zero-order valence-corrected chi connectivity index (χ0v) is 15.7. The van der Waals surface area contributed by atoms with Crippen LogP contribution < -0.4 is 10.1 Å². The van der Waals surface area contributed by atoms with E-state index >= 15 is 0 Å². The molecule has 0 unspecified atom stereocenters. The average Bonchev–Trinajstić information content (AvgIpc) is 3.13. The van der Waals surface area contributed by atoms with Gasteiger partial charge in [0.15, 0.2) is 0 Å². The molecular weight excluding hydrogens is 356 g/mol. The number of imide groups is 1. The Balaban J connectivity index is 1.30. The molecule has 4 rings (SSSR count). The van der Waals surface area contributed by atoms with E-state index in [0.717, 1.165) is 16.9 Å². The van der Waals surface area contributed by atoms with Crippen molar-refractivity contribution < 1.29 is 19.1 Å². The van der Waals surface area contributed by atoms with Crippen molar-refractivity contribution in [2.45, 2.75) is 38.6 Å². The van der Waals surface area contributed by atoms with Crippen LogP contribution in [0.15, 0.2) is 48.5 Å². The number of carbonyl (C=O) groups excluding carboxylic acids is 2. The van der Waals surface area contributed by atoms with E-state index in [4.69, 9.17) is 9.47 Å². The van der Waals surface area contributed by atoms with Crippen LogP contribution in [0, 0.1) is 0 Å². The molecule has 2 aliphatic rings. The normalized spacial score (nSPS) is 19.4. The predicted octanol–water partition coefficient (Wildman–Crippen LogP) is 2.40. The lowest BCUT2D eigenvalue weighted by molar-refractivity contribution is -0.137. The van der Waals surface area contributed by atoms with Gasteiger partial charge in [0.1, 0.15) is 12.4 Å². The van der Waals surface area contributed by atoms with Gasteiger partial charge in [0.25, 0.3) is 0 Å². The fourth-order valence-corrected chi connectivity index (χ4v) is 3.78. The highest BCUT2D eigenvalue weighted by Gasteiger charge is 2.35. The lowest BCUT2D eigenvalue weighted by Crippen LogP contribution is -2.50. The number of amides is 2. The summed E-state index contributed by atoms with van der Waals surface area (Å²) in [6.45, 7) is 2.91. The third-order valence-electron chi connectivity index (χ3n) is 5.21. The molecule has 0 bridgehead atoms. The van der Waals surface area contributed by atoms with Gasteiger partial charge in [0, 0.05) is 25.1 Å². The molecule has 0 radical (unpaired) electrons. The summed E-state index contributed by atoms with van der Waals surface area (Å²) in [5.41, 5.74) is 3.44. The topological polar surface area (TPSA) is 67.9 Å². The minimum atomic E-state index is -0.257. The van der Waals surface area contributed by atoms with E-state index < -0.39 is 0 Å². The van der Waals surface area contributed by atoms with Gasteiger partial charge in [0.2, 0.25) is 11.8 Å². The molecule has 1 saturated heterocycles. The summed E-state index contributed by atoms with van der Waals surface area (Å²) in [6, 6.07) is 15.8. The van der Waals surface area contributed by atoms with Gasteiger partial charge in [-0.15, -0.1) is 0 Å². The van der Waals surface area contributed by atoms with E-state index in [1.165, 1.54) is 5.56 Å². The van der Waals surface area contributed by atoms with Crippen LogP contribution in [-0.4, -0.2) is 36.0 Å². The van der Waals surface area contributed by atoms with Crippen LogP contribution >= 0.6 is 0 Å². The molecule has 1 fully saturated rings. The van der Waals surface area contributed by atoms with Crippen LogP contribution in [0.25, 0.3) is 0 Å². The van der Waals surface area contributed by atoms with E-state index in [9.17, 15) is 9.59 Å². The SMILES string of the molecule is O=C1CC[C@H](N2Cc3cccc(OCCOCc4ccccc4)c3C2)C(=O)N1. The van der Waals surface area contributed by atoms with Gasteiger partial charge < -0.3 is 9.47 Å². The molecule has 6 nitrogen and oxygen atoms in total. The number of rotatable bonds is 7. The predicted molar refractivity (Wildman–Crippen MR) is 103 cm³/mol. The number of carbonyl (C=O) groups is 2. The van der Waals surface area contributed by atoms with Crippen LogP contribution in [-0.2, 0) is 34.0 Å². The Kier molecular flexibility index (Phi) is 5.69. The first-order valence-electron chi connectivity index (χ1n) is 9.63. The maximum Gasteiger partial charge on any atom is 0.243 e. The number of hydrogen-bond donors (Lipinski definition) is 1. The second-order valence-electron chi connectivity index (χ2n) is 7.15. The molecule has 2 aromatic carbocycles. The lowest BCUT2D eigenvalue weighted by Gasteiger charge is -2.29. The van der Waals surface area contributed by atoms with Gasteiger partial charge in [-0.2, -0.15) is 0 Å². The number of ether oxygens (including phenoxy) is 2. The largest absolute Gasteiger partial charge is 0.491 e. The third kappa shape index (κ3) is 4.24. The van der Waals surface area contributed by atoms with Gasteiger partial charge in [-0.25, -0.2) is 0 Å². The second kappa shape index (κ2) is 8.54. The summed E-state index contributed by atoms with van der Waals surface area (Å²) in [5.74, 6) is 0.467. The van der Waals surface area contributed by atoms with Crippen molar-refractivity contribution in [2.75, 3.05) is 13.2 Å². The summed E-state index contributed by atoms with van der Waals surface area (Å²) >= 11 is 0. The number of nitrogens with zero attached hydrogens (tertiary/aromatic N) is 1. The summed E-state index contributed by atoms with van der Waals surface area (Å²) in [7, 11) is 0. The first kappa shape index (κ1) is 18.7. The van der Waals surface area contributed by atoms with Crippen LogP contribution in [0.3, 0.4) is 0 Å². The maximum atomic E-state index is 12.2. The smallest absolute Gasteiger partial charge is 0.243 e. The molecule has 2 aliphatic heterocycles. The van der Waals surface area contributed by atoms with Crippen molar-refractivity contribution in [1.29, 1.82) is 0 Å². The molecule has 0 aromatic heterocycles. The van der Waals surface area contributed by atoms with Crippen molar-refractivity contribution in [3.8, 4) is 5.75 Å². The van der Waals surface area contributed by atoms with Gasteiger partial charge in [-0.1, -0.05) is 42.5 Å². The number of fused-ring (bicyclic) bond motifs is 1. The molecule has 0 aliphatic carbocycles. The molecule has 2 heterocycles. The van der Waals surface area contributed by atoms with Crippen LogP contribution in [0.4, 0.5) is 0 Å². The Hall–Kier alpha value is -2.70. The van der Waals surface area contributed by atoms with Crippen LogP contribution in [0.2, 0.25) is 0 Å². The third-order valence-corrected chi connectivity index (χ3v) is 5.21. The van der Waals surface area contributed by atoms with Gasteiger partial charge in [-0.05, 0) is 23.6 Å². The molecule has 2 amide bonds. The highest BCUT2D eigenvalue weighted by atomic mass is 16.5. The van der Waals surface area contributed by atoms with E-state index in [0.29, 0.717) is 45.8 Å². The monoisotopic (exact) mass is 380 g/mol. The van der Waals surface area contributed by atoms with Gasteiger partial charge in [-0.3, -0.25) is 19.8 Å². The molecular formula is C22H24N2O4. The number of hydrogen-bond acceptors (Lipinski definition) is 5. The number of benzene rings is 2. The summed E-state index contributed by atoms with van der Waals surface area (Å²) in [4.78, 5) is 25.7. The minimum absolute atomic E-state index is 0.183. The first-order chi connectivity index (χ1) is 13.7. The Bertz CT molecular complexity index is 853. The fraction of sp³-hybridized carbons (Fsp3) is 0.364. The molecule has 146 valence electrons. The highest BCUT2D eigenvalue weighted by molar-refractivity contribution is 6.00. The van der Waals surface area contributed by atoms with Crippen molar-refractivity contribution in [3.05, 3.63) is 65.2 Å². The zero-order valence-electron chi connectivity index (χ0n) is 15.7. The average molecular weight is 380 g/mol. The Morgan fingerprint density at radius 2 is 1.86 bits per heavy atom. The van der Waals surface area contributed by atoms with Gasteiger partial charge >= 0.3 is 0 Å². The van der Waals surface area contributed by atoms with Crippen molar-refractivity contribution in [2.24, 2.45) is 0 Å². The van der Waals surface area contributed by atoms with Crippen molar-refractivity contribution in [1.82, 2.24) is 10.2 Å². The fourth-order valence-electron chi connectivity index (χ4n) is 3.78. The molecule has 6 heteroatoms. The minimum Gasteiger partial charge on any atom is -0.491 e. The van der Waals surface area contributed by atoms with Crippen molar-refractivity contribution >= 4 is 11.8 Å². The number of nitrogens with one attached hydrogen (secondary N) is 1. The number of piperidine rings is 1. The molecule has 0 saturated carbocycles. The Morgan fingerprint density at radius 1 is 1.00 bits per heavy atom. The van der Waals surface area contributed by atoms with Crippen LogP contribution in [0.5, 0.6) is 5.75 Å². The van der Waals surface area contributed by atoms with E-state index in [2.05, 4.69) is 16.3 Å². The van der Waals surface area contributed by atoms with E-state index in [1.54, 1.807) is 0 Å². The molecule has 28 heavy (non-hydrogen) atoms. The second-order valence-corrected chi connectivity index (χ2v) is 7.15.